The van der Waals surface area contributed by atoms with Crippen LogP contribution in [-0.4, -0.2) is 43.3 Å². The molecular weight excluding hydrogens is 284 g/mol. The predicted molar refractivity (Wildman–Crippen MR) is 78.7 cm³/mol. The molecule has 6 nitrogen and oxygen atoms in total. The van der Waals surface area contributed by atoms with Crippen molar-refractivity contribution in [1.82, 2.24) is 4.90 Å². The Morgan fingerprint density at radius 1 is 1.45 bits per heavy atom. The van der Waals surface area contributed by atoms with Crippen molar-refractivity contribution in [1.29, 1.82) is 5.26 Å². The second-order valence-electron chi connectivity index (χ2n) is 5.82. The number of piperidine rings is 1. The SMILES string of the molecule is CCOC(=O)[C@@H]1C[C@@H]2C/C(=C/C#N)CC[C@@H]2CN1C(=O)OC. The molecule has 3 atom stereocenters. The van der Waals surface area contributed by atoms with Gasteiger partial charge in [-0.05, 0) is 44.4 Å². The fourth-order valence-corrected chi connectivity index (χ4v) is 3.53. The number of ether oxygens (including phenoxy) is 2. The topological polar surface area (TPSA) is 79.6 Å². The second-order valence-corrected chi connectivity index (χ2v) is 5.82. The van der Waals surface area contributed by atoms with Gasteiger partial charge in [-0.1, -0.05) is 5.57 Å². The summed E-state index contributed by atoms with van der Waals surface area (Å²) in [5.41, 5.74) is 1.14. The smallest absolute Gasteiger partial charge is 0.410 e. The number of allylic oxidation sites excluding steroid dienone is 2. The van der Waals surface area contributed by atoms with Crippen LogP contribution in [0, 0.1) is 23.2 Å². The number of amides is 1. The molecule has 1 amide bonds. The zero-order valence-electron chi connectivity index (χ0n) is 13.1. The molecule has 0 unspecified atom stereocenters. The molecule has 1 saturated carbocycles. The highest BCUT2D eigenvalue weighted by Crippen LogP contribution is 2.41. The van der Waals surface area contributed by atoms with Crippen LogP contribution in [0.4, 0.5) is 4.79 Å². The minimum Gasteiger partial charge on any atom is -0.464 e. The number of nitriles is 1. The van der Waals surface area contributed by atoms with E-state index in [4.69, 9.17) is 14.7 Å². The van der Waals surface area contributed by atoms with Crippen LogP contribution >= 0.6 is 0 Å². The van der Waals surface area contributed by atoms with Crippen molar-refractivity contribution in [2.45, 2.75) is 38.6 Å². The monoisotopic (exact) mass is 306 g/mol. The van der Waals surface area contributed by atoms with Crippen LogP contribution in [0.25, 0.3) is 0 Å². The average Bonchev–Trinajstić information content (AvgIpc) is 2.53. The molecule has 0 N–H and O–H groups in total. The normalized spacial score (nSPS) is 29.4. The first kappa shape index (κ1) is 16.3. The predicted octanol–water partition coefficient (Wildman–Crippen LogP) is 2.26. The first-order valence-electron chi connectivity index (χ1n) is 7.69. The molecule has 0 aromatic heterocycles. The number of rotatable bonds is 2. The summed E-state index contributed by atoms with van der Waals surface area (Å²) in [6.45, 7) is 2.55. The van der Waals surface area contributed by atoms with E-state index in [1.165, 1.54) is 12.0 Å². The molecule has 0 radical (unpaired) electrons. The van der Waals surface area contributed by atoms with E-state index in [-0.39, 0.29) is 12.6 Å². The van der Waals surface area contributed by atoms with Gasteiger partial charge in [0.25, 0.3) is 0 Å². The number of likely N-dealkylation sites (tertiary alicyclic amines) is 1. The van der Waals surface area contributed by atoms with Crippen LogP contribution in [0.2, 0.25) is 0 Å². The third-order valence-corrected chi connectivity index (χ3v) is 4.60. The number of carbonyl (C=O) groups excluding carboxylic acids is 2. The quantitative estimate of drug-likeness (QED) is 0.577. The highest BCUT2D eigenvalue weighted by atomic mass is 16.6. The lowest BCUT2D eigenvalue weighted by Crippen LogP contribution is -2.54. The molecule has 0 bridgehead atoms. The summed E-state index contributed by atoms with van der Waals surface area (Å²) in [5, 5.41) is 8.80. The molecule has 1 heterocycles. The summed E-state index contributed by atoms with van der Waals surface area (Å²) in [6.07, 6.45) is 4.34. The van der Waals surface area contributed by atoms with E-state index >= 15 is 0 Å². The van der Waals surface area contributed by atoms with E-state index in [2.05, 4.69) is 6.07 Å². The molecular formula is C16H22N2O4. The lowest BCUT2D eigenvalue weighted by atomic mass is 9.71. The van der Waals surface area contributed by atoms with Gasteiger partial charge in [0, 0.05) is 12.6 Å². The average molecular weight is 306 g/mol. The van der Waals surface area contributed by atoms with E-state index in [0.717, 1.165) is 24.8 Å². The zero-order valence-corrected chi connectivity index (χ0v) is 13.1. The Hall–Kier alpha value is -2.03. The summed E-state index contributed by atoms with van der Waals surface area (Å²) in [5.74, 6) is 0.284. The summed E-state index contributed by atoms with van der Waals surface area (Å²) < 4.78 is 9.92. The van der Waals surface area contributed by atoms with Crippen molar-refractivity contribution in [3.05, 3.63) is 11.6 Å². The highest BCUT2D eigenvalue weighted by Gasteiger charge is 2.43. The van der Waals surface area contributed by atoms with Crippen LogP contribution in [0.1, 0.15) is 32.6 Å². The number of esters is 1. The fraction of sp³-hybridized carbons (Fsp3) is 0.688. The fourth-order valence-electron chi connectivity index (χ4n) is 3.53. The lowest BCUT2D eigenvalue weighted by Gasteiger charge is -2.44. The van der Waals surface area contributed by atoms with Crippen LogP contribution in [0.5, 0.6) is 0 Å². The lowest BCUT2D eigenvalue weighted by molar-refractivity contribution is -0.152. The highest BCUT2D eigenvalue weighted by molar-refractivity contribution is 5.81. The first-order chi connectivity index (χ1) is 10.6. The van der Waals surface area contributed by atoms with Crippen LogP contribution in [0.15, 0.2) is 11.6 Å². The van der Waals surface area contributed by atoms with Crippen LogP contribution < -0.4 is 0 Å². The third kappa shape index (κ3) is 3.41. The Kier molecular flexibility index (Phi) is 5.42. The Morgan fingerprint density at radius 2 is 2.23 bits per heavy atom. The van der Waals surface area contributed by atoms with E-state index in [9.17, 15) is 9.59 Å². The molecule has 1 saturated heterocycles. The number of hydrogen-bond donors (Lipinski definition) is 0. The summed E-state index contributed by atoms with van der Waals surface area (Å²) >= 11 is 0. The van der Waals surface area contributed by atoms with Crippen molar-refractivity contribution in [2.24, 2.45) is 11.8 Å². The van der Waals surface area contributed by atoms with Crippen molar-refractivity contribution in [2.75, 3.05) is 20.3 Å². The van der Waals surface area contributed by atoms with Gasteiger partial charge in [-0.2, -0.15) is 5.26 Å². The van der Waals surface area contributed by atoms with E-state index < -0.39 is 12.1 Å². The standard InChI is InChI=1S/C16H22N2O4/c1-3-22-15(19)14-9-13-8-11(6-7-17)4-5-12(13)10-18(14)16(20)21-2/h6,12-14H,3-5,8-10H2,1-2H3/b11-6+/t12-,13+,14+/m1/s1. The molecule has 0 aromatic carbocycles. The van der Waals surface area contributed by atoms with E-state index in [1.807, 2.05) is 0 Å². The van der Waals surface area contributed by atoms with Gasteiger partial charge in [-0.15, -0.1) is 0 Å². The zero-order chi connectivity index (χ0) is 16.1. The van der Waals surface area contributed by atoms with Crippen LogP contribution in [0.3, 0.4) is 0 Å². The second kappa shape index (κ2) is 7.30. The van der Waals surface area contributed by atoms with Crippen molar-refractivity contribution in [3.8, 4) is 6.07 Å². The van der Waals surface area contributed by atoms with Gasteiger partial charge in [0.05, 0.1) is 19.8 Å². The molecule has 120 valence electrons. The number of nitrogens with zero attached hydrogens (tertiary/aromatic N) is 2. The Labute approximate surface area is 130 Å². The summed E-state index contributed by atoms with van der Waals surface area (Å²) in [6, 6.07) is 1.50. The van der Waals surface area contributed by atoms with Gasteiger partial charge in [-0.3, -0.25) is 4.90 Å². The molecule has 2 rings (SSSR count). The molecule has 2 aliphatic rings. The van der Waals surface area contributed by atoms with Gasteiger partial charge in [0.15, 0.2) is 0 Å². The van der Waals surface area contributed by atoms with Gasteiger partial charge in [0.2, 0.25) is 0 Å². The summed E-state index contributed by atoms with van der Waals surface area (Å²) in [4.78, 5) is 25.6. The summed E-state index contributed by atoms with van der Waals surface area (Å²) in [7, 11) is 1.32. The van der Waals surface area contributed by atoms with Gasteiger partial charge < -0.3 is 9.47 Å². The van der Waals surface area contributed by atoms with Gasteiger partial charge in [0.1, 0.15) is 6.04 Å². The number of fused-ring (bicyclic) bond motifs is 1. The van der Waals surface area contributed by atoms with E-state index in [0.29, 0.717) is 24.8 Å². The van der Waals surface area contributed by atoms with Crippen molar-refractivity contribution >= 4 is 12.1 Å². The molecule has 2 fully saturated rings. The molecule has 1 aliphatic carbocycles. The number of carbonyl (C=O) groups is 2. The van der Waals surface area contributed by atoms with Crippen LogP contribution in [-0.2, 0) is 14.3 Å². The van der Waals surface area contributed by atoms with Crippen molar-refractivity contribution in [3.63, 3.8) is 0 Å². The molecule has 0 aromatic rings. The number of hydrogen-bond acceptors (Lipinski definition) is 5. The Bertz CT molecular complexity index is 509. The minimum atomic E-state index is -0.588. The van der Waals surface area contributed by atoms with Crippen molar-refractivity contribution < 1.29 is 19.1 Å². The largest absolute Gasteiger partial charge is 0.464 e. The molecule has 6 heteroatoms. The van der Waals surface area contributed by atoms with Gasteiger partial charge in [-0.25, -0.2) is 9.59 Å². The maximum Gasteiger partial charge on any atom is 0.410 e. The Balaban J connectivity index is 2.16. The van der Waals surface area contributed by atoms with E-state index in [1.54, 1.807) is 13.0 Å². The third-order valence-electron chi connectivity index (χ3n) is 4.60. The van der Waals surface area contributed by atoms with Gasteiger partial charge >= 0.3 is 12.1 Å². The minimum absolute atomic E-state index is 0.290. The maximum absolute atomic E-state index is 12.2. The molecule has 0 spiro atoms. The maximum atomic E-state index is 12.2. The number of methoxy groups -OCH3 is 1. The Morgan fingerprint density at radius 3 is 2.86 bits per heavy atom. The molecule has 22 heavy (non-hydrogen) atoms. The molecule has 1 aliphatic heterocycles. The first-order valence-corrected chi connectivity index (χ1v) is 7.69.